The largest absolute Gasteiger partial charge is 0.343 e. The summed E-state index contributed by atoms with van der Waals surface area (Å²) < 4.78 is 13.1. The molecule has 0 fully saturated rings. The summed E-state index contributed by atoms with van der Waals surface area (Å²) in [7, 11) is 1.86. The standard InChI is InChI=1S/C17H12FN3/c1-21(14-8-6-13(18)7-9-14)17-12(10-19)11-20-16-5-3-2-4-15(16)17/h2-9,11H,1H3. The predicted molar refractivity (Wildman–Crippen MR) is 80.9 cm³/mol. The fourth-order valence-corrected chi connectivity index (χ4v) is 2.36. The maximum Gasteiger partial charge on any atom is 0.123 e. The van der Waals surface area contributed by atoms with Crippen molar-refractivity contribution in [3.8, 4) is 6.07 Å². The summed E-state index contributed by atoms with van der Waals surface area (Å²) in [5.41, 5.74) is 2.89. The van der Waals surface area contributed by atoms with Gasteiger partial charge >= 0.3 is 0 Å². The molecular formula is C17H12FN3. The molecule has 102 valence electrons. The fraction of sp³-hybridized carbons (Fsp3) is 0.0588. The van der Waals surface area contributed by atoms with Gasteiger partial charge in [-0.25, -0.2) is 4.39 Å². The number of rotatable bonds is 2. The Hall–Kier alpha value is -2.93. The van der Waals surface area contributed by atoms with E-state index in [9.17, 15) is 9.65 Å². The zero-order valence-electron chi connectivity index (χ0n) is 11.4. The number of pyridine rings is 1. The van der Waals surface area contributed by atoms with Crippen LogP contribution in [-0.4, -0.2) is 12.0 Å². The lowest BCUT2D eigenvalue weighted by Crippen LogP contribution is -2.12. The van der Waals surface area contributed by atoms with Crippen LogP contribution in [-0.2, 0) is 0 Å². The Kier molecular flexibility index (Phi) is 3.25. The van der Waals surface area contributed by atoms with E-state index < -0.39 is 0 Å². The lowest BCUT2D eigenvalue weighted by molar-refractivity contribution is 0.628. The summed E-state index contributed by atoms with van der Waals surface area (Å²) >= 11 is 0. The summed E-state index contributed by atoms with van der Waals surface area (Å²) in [6, 6.07) is 16.0. The first-order valence-corrected chi connectivity index (χ1v) is 6.48. The average molecular weight is 277 g/mol. The minimum atomic E-state index is -0.285. The van der Waals surface area contributed by atoms with Crippen molar-refractivity contribution in [2.45, 2.75) is 0 Å². The van der Waals surface area contributed by atoms with Gasteiger partial charge in [-0.3, -0.25) is 4.98 Å². The summed E-state index contributed by atoms with van der Waals surface area (Å²) in [6.07, 6.45) is 1.57. The topological polar surface area (TPSA) is 39.9 Å². The molecule has 0 N–H and O–H groups in total. The Bertz CT molecular complexity index is 835. The van der Waals surface area contributed by atoms with Crippen LogP contribution in [0.3, 0.4) is 0 Å². The van der Waals surface area contributed by atoms with Crippen LogP contribution in [0.4, 0.5) is 15.8 Å². The highest BCUT2D eigenvalue weighted by atomic mass is 19.1. The van der Waals surface area contributed by atoms with Gasteiger partial charge < -0.3 is 4.90 Å². The number of nitriles is 1. The highest BCUT2D eigenvalue weighted by molar-refractivity contribution is 5.96. The smallest absolute Gasteiger partial charge is 0.123 e. The number of anilines is 2. The zero-order chi connectivity index (χ0) is 14.8. The molecule has 1 aromatic heterocycles. The third-order valence-corrected chi connectivity index (χ3v) is 3.42. The van der Waals surface area contributed by atoms with E-state index in [1.807, 2.05) is 36.2 Å². The van der Waals surface area contributed by atoms with Crippen molar-refractivity contribution in [2.24, 2.45) is 0 Å². The van der Waals surface area contributed by atoms with Crippen molar-refractivity contribution in [1.29, 1.82) is 5.26 Å². The number of fused-ring (bicyclic) bond motifs is 1. The van der Waals surface area contributed by atoms with Gasteiger partial charge in [0.15, 0.2) is 0 Å². The van der Waals surface area contributed by atoms with Crippen LogP contribution in [0.2, 0.25) is 0 Å². The van der Waals surface area contributed by atoms with Gasteiger partial charge in [-0.1, -0.05) is 18.2 Å². The van der Waals surface area contributed by atoms with Crippen LogP contribution in [0.5, 0.6) is 0 Å². The molecule has 0 spiro atoms. The Labute approximate surface area is 121 Å². The van der Waals surface area contributed by atoms with Gasteiger partial charge in [0, 0.05) is 24.3 Å². The lowest BCUT2D eigenvalue weighted by atomic mass is 10.1. The molecule has 0 saturated heterocycles. The minimum Gasteiger partial charge on any atom is -0.343 e. The van der Waals surface area contributed by atoms with Crippen LogP contribution in [0.15, 0.2) is 54.7 Å². The van der Waals surface area contributed by atoms with E-state index in [0.29, 0.717) is 5.56 Å². The maximum absolute atomic E-state index is 13.1. The van der Waals surface area contributed by atoms with Gasteiger partial charge in [-0.05, 0) is 30.3 Å². The summed E-state index contributed by atoms with van der Waals surface area (Å²) in [5, 5.41) is 10.2. The van der Waals surface area contributed by atoms with E-state index in [1.54, 1.807) is 18.3 Å². The van der Waals surface area contributed by atoms with Gasteiger partial charge in [-0.2, -0.15) is 5.26 Å². The van der Waals surface area contributed by atoms with Crippen molar-refractivity contribution in [3.05, 3.63) is 66.1 Å². The van der Waals surface area contributed by atoms with Crippen LogP contribution >= 0.6 is 0 Å². The number of hydrogen-bond donors (Lipinski definition) is 0. The Morgan fingerprint density at radius 3 is 2.52 bits per heavy atom. The Morgan fingerprint density at radius 2 is 1.81 bits per heavy atom. The molecule has 1 heterocycles. The monoisotopic (exact) mass is 277 g/mol. The molecule has 4 heteroatoms. The van der Waals surface area contributed by atoms with Crippen molar-refractivity contribution in [1.82, 2.24) is 4.98 Å². The summed E-state index contributed by atoms with van der Waals surface area (Å²) in [4.78, 5) is 6.17. The summed E-state index contributed by atoms with van der Waals surface area (Å²) in [5.74, 6) is -0.285. The van der Waals surface area contributed by atoms with Crippen LogP contribution in [0.25, 0.3) is 10.9 Å². The highest BCUT2D eigenvalue weighted by Crippen LogP contribution is 2.33. The van der Waals surface area contributed by atoms with Crippen molar-refractivity contribution in [2.75, 3.05) is 11.9 Å². The molecule has 3 nitrogen and oxygen atoms in total. The number of aromatic nitrogens is 1. The fourth-order valence-electron chi connectivity index (χ4n) is 2.36. The summed E-state index contributed by atoms with van der Waals surface area (Å²) in [6.45, 7) is 0. The second-order valence-corrected chi connectivity index (χ2v) is 4.68. The normalized spacial score (nSPS) is 10.3. The van der Waals surface area contributed by atoms with Crippen molar-refractivity contribution >= 4 is 22.3 Å². The third-order valence-electron chi connectivity index (χ3n) is 3.42. The molecule has 3 rings (SSSR count). The molecule has 0 aliphatic rings. The van der Waals surface area contributed by atoms with Gasteiger partial charge in [0.1, 0.15) is 11.9 Å². The van der Waals surface area contributed by atoms with Crippen molar-refractivity contribution < 1.29 is 4.39 Å². The van der Waals surface area contributed by atoms with Crippen molar-refractivity contribution in [3.63, 3.8) is 0 Å². The van der Waals surface area contributed by atoms with E-state index in [0.717, 1.165) is 22.3 Å². The molecule has 0 aliphatic carbocycles. The predicted octanol–water partition coefficient (Wildman–Crippen LogP) is 4.01. The van der Waals surface area contributed by atoms with E-state index in [2.05, 4.69) is 11.1 Å². The zero-order valence-corrected chi connectivity index (χ0v) is 11.4. The molecular weight excluding hydrogens is 265 g/mol. The number of para-hydroxylation sites is 1. The minimum absolute atomic E-state index is 0.285. The quantitative estimate of drug-likeness (QED) is 0.710. The molecule has 0 saturated carbocycles. The van der Waals surface area contributed by atoms with Gasteiger partial charge in [0.2, 0.25) is 0 Å². The highest BCUT2D eigenvalue weighted by Gasteiger charge is 2.14. The second-order valence-electron chi connectivity index (χ2n) is 4.68. The van der Waals surface area contributed by atoms with Gasteiger partial charge in [0.05, 0.1) is 16.8 Å². The molecule has 0 radical (unpaired) electrons. The number of nitrogens with zero attached hydrogens (tertiary/aromatic N) is 3. The Balaban J connectivity index is 2.23. The average Bonchev–Trinajstić information content (AvgIpc) is 2.53. The molecule has 0 atom stereocenters. The number of halogens is 1. The molecule has 0 bridgehead atoms. The molecule has 0 aliphatic heterocycles. The molecule has 2 aromatic carbocycles. The van der Waals surface area contributed by atoms with E-state index in [-0.39, 0.29) is 5.82 Å². The third kappa shape index (κ3) is 2.30. The van der Waals surface area contributed by atoms with Crippen LogP contribution in [0.1, 0.15) is 5.56 Å². The SMILES string of the molecule is CN(c1ccc(F)cc1)c1c(C#N)cnc2ccccc12. The van der Waals surface area contributed by atoms with Gasteiger partial charge in [-0.15, -0.1) is 0 Å². The molecule has 0 unspecified atom stereocenters. The lowest BCUT2D eigenvalue weighted by Gasteiger charge is -2.22. The maximum atomic E-state index is 13.1. The molecule has 3 aromatic rings. The first-order valence-electron chi connectivity index (χ1n) is 6.48. The van der Waals surface area contributed by atoms with Gasteiger partial charge in [0.25, 0.3) is 0 Å². The molecule has 21 heavy (non-hydrogen) atoms. The van der Waals surface area contributed by atoms with E-state index in [1.165, 1.54) is 12.1 Å². The Morgan fingerprint density at radius 1 is 1.10 bits per heavy atom. The number of hydrogen-bond acceptors (Lipinski definition) is 3. The van der Waals surface area contributed by atoms with Crippen LogP contribution in [0, 0.1) is 17.1 Å². The van der Waals surface area contributed by atoms with Crippen LogP contribution < -0.4 is 4.90 Å². The van der Waals surface area contributed by atoms with E-state index >= 15 is 0 Å². The second kappa shape index (κ2) is 5.22. The first kappa shape index (κ1) is 13.1. The number of benzene rings is 2. The van der Waals surface area contributed by atoms with E-state index in [4.69, 9.17) is 0 Å². The first-order chi connectivity index (χ1) is 10.2. The molecule has 0 amide bonds.